The van der Waals surface area contributed by atoms with Crippen LogP contribution in [0.2, 0.25) is 0 Å². The van der Waals surface area contributed by atoms with Crippen LogP contribution in [0, 0.1) is 0 Å². The molecule has 0 spiro atoms. The second-order valence-corrected chi connectivity index (χ2v) is 5.71. The fourth-order valence-electron chi connectivity index (χ4n) is 1.57. The van der Waals surface area contributed by atoms with Crippen molar-refractivity contribution in [2.24, 2.45) is 0 Å². The molecule has 2 rings (SSSR count). The summed E-state index contributed by atoms with van der Waals surface area (Å²) in [6.07, 6.45) is 0. The molecule has 1 aromatic heterocycles. The zero-order valence-corrected chi connectivity index (χ0v) is 11.6. The van der Waals surface area contributed by atoms with Gasteiger partial charge in [-0.3, -0.25) is 9.59 Å². The van der Waals surface area contributed by atoms with Gasteiger partial charge < -0.3 is 15.3 Å². The van der Waals surface area contributed by atoms with Crippen LogP contribution < -0.4 is 5.32 Å². The number of thioether (sulfide) groups is 1. The van der Waals surface area contributed by atoms with Crippen molar-refractivity contribution >= 4 is 46.0 Å². The Morgan fingerprint density at radius 1 is 1.53 bits per heavy atom. The lowest BCUT2D eigenvalue weighted by Crippen LogP contribution is -2.41. The molecule has 0 unspecified atom stereocenters. The second kappa shape index (κ2) is 5.57. The van der Waals surface area contributed by atoms with E-state index in [2.05, 4.69) is 10.3 Å². The van der Waals surface area contributed by atoms with Gasteiger partial charge in [0.15, 0.2) is 5.13 Å². The fraction of sp³-hybridized carbons (Fsp3) is 0.400. The van der Waals surface area contributed by atoms with Crippen LogP contribution in [0.4, 0.5) is 5.13 Å². The number of carboxylic acids is 1. The lowest BCUT2D eigenvalue weighted by molar-refractivity contribution is -0.140. The van der Waals surface area contributed by atoms with E-state index in [0.29, 0.717) is 16.8 Å². The first-order valence-electron chi connectivity index (χ1n) is 5.33. The van der Waals surface area contributed by atoms with Crippen LogP contribution in [-0.4, -0.2) is 50.4 Å². The summed E-state index contributed by atoms with van der Waals surface area (Å²) in [7, 11) is 0. The number of carboxylic acid groups (broad SMARTS) is 1. The van der Waals surface area contributed by atoms with Crippen molar-refractivity contribution in [2.75, 3.05) is 16.9 Å². The van der Waals surface area contributed by atoms with Crippen molar-refractivity contribution in [3.63, 3.8) is 0 Å². The summed E-state index contributed by atoms with van der Waals surface area (Å²) in [5.41, 5.74) is 0.155. The van der Waals surface area contributed by atoms with Crippen molar-refractivity contribution in [2.45, 2.75) is 13.0 Å². The van der Waals surface area contributed by atoms with Crippen molar-refractivity contribution in [1.29, 1.82) is 0 Å². The van der Waals surface area contributed by atoms with Gasteiger partial charge in [-0.1, -0.05) is 0 Å². The maximum atomic E-state index is 12.1. The van der Waals surface area contributed by atoms with Gasteiger partial charge in [0.05, 0.1) is 5.88 Å². The topological polar surface area (TPSA) is 99.6 Å². The van der Waals surface area contributed by atoms with Crippen molar-refractivity contribution in [3.8, 4) is 0 Å². The molecule has 0 saturated carbocycles. The number of carbonyl (C=O) groups is 3. The Hall–Kier alpha value is -1.61. The van der Waals surface area contributed by atoms with E-state index in [1.165, 1.54) is 29.0 Å². The predicted molar refractivity (Wildman–Crippen MR) is 71.3 cm³/mol. The van der Waals surface area contributed by atoms with Crippen LogP contribution >= 0.6 is 23.1 Å². The van der Waals surface area contributed by atoms with Gasteiger partial charge >= 0.3 is 5.97 Å². The molecule has 2 N–H and O–H groups in total. The number of thiazole rings is 1. The third kappa shape index (κ3) is 3.04. The first-order chi connectivity index (χ1) is 8.99. The molecule has 1 fully saturated rings. The predicted octanol–water partition coefficient (Wildman–Crippen LogP) is 0.701. The number of anilines is 1. The molecule has 7 nitrogen and oxygen atoms in total. The Labute approximate surface area is 117 Å². The fourth-order valence-corrected chi connectivity index (χ4v) is 3.45. The van der Waals surface area contributed by atoms with Gasteiger partial charge in [0, 0.05) is 18.1 Å². The largest absolute Gasteiger partial charge is 0.480 e. The molecule has 2 heterocycles. The molecule has 1 aliphatic rings. The standard InChI is InChI=1S/C10H11N3O4S2/c1-5(14)11-10-12-6(2-19-10)8(15)13-4-18-3-7(13)9(16)17/h2,7H,3-4H2,1H3,(H,16,17)(H,11,12,14)/t7-/m0/s1. The monoisotopic (exact) mass is 301 g/mol. The van der Waals surface area contributed by atoms with Gasteiger partial charge in [-0.25, -0.2) is 9.78 Å². The molecule has 2 amide bonds. The molecular weight excluding hydrogens is 290 g/mol. The van der Waals surface area contributed by atoms with E-state index in [4.69, 9.17) is 5.11 Å². The molecule has 19 heavy (non-hydrogen) atoms. The molecule has 1 aliphatic heterocycles. The molecule has 1 aromatic rings. The molecule has 9 heteroatoms. The Balaban J connectivity index is 2.13. The third-order valence-corrected chi connectivity index (χ3v) is 4.20. The first kappa shape index (κ1) is 13.8. The number of rotatable bonds is 3. The number of nitrogens with zero attached hydrogens (tertiary/aromatic N) is 2. The average molecular weight is 301 g/mol. The van der Waals surface area contributed by atoms with E-state index < -0.39 is 17.9 Å². The Bertz CT molecular complexity index is 531. The van der Waals surface area contributed by atoms with Crippen LogP contribution in [0.3, 0.4) is 0 Å². The van der Waals surface area contributed by atoms with Gasteiger partial charge in [0.2, 0.25) is 5.91 Å². The highest BCUT2D eigenvalue weighted by Gasteiger charge is 2.35. The Kier molecular flexibility index (Phi) is 4.05. The van der Waals surface area contributed by atoms with Crippen LogP contribution in [0.5, 0.6) is 0 Å². The molecule has 0 radical (unpaired) electrons. The highest BCUT2D eigenvalue weighted by Crippen LogP contribution is 2.24. The Morgan fingerprint density at radius 3 is 2.89 bits per heavy atom. The van der Waals surface area contributed by atoms with Crippen LogP contribution in [-0.2, 0) is 9.59 Å². The number of hydrogen-bond donors (Lipinski definition) is 2. The van der Waals surface area contributed by atoms with E-state index in [0.717, 1.165) is 11.3 Å². The van der Waals surface area contributed by atoms with Crippen LogP contribution in [0.15, 0.2) is 5.38 Å². The van der Waals surface area contributed by atoms with Crippen LogP contribution in [0.25, 0.3) is 0 Å². The van der Waals surface area contributed by atoms with Crippen molar-refractivity contribution in [1.82, 2.24) is 9.88 Å². The van der Waals surface area contributed by atoms with E-state index in [9.17, 15) is 14.4 Å². The smallest absolute Gasteiger partial charge is 0.327 e. The zero-order chi connectivity index (χ0) is 14.0. The summed E-state index contributed by atoms with van der Waals surface area (Å²) in [6.45, 7) is 1.35. The Morgan fingerprint density at radius 2 is 2.26 bits per heavy atom. The summed E-state index contributed by atoms with van der Waals surface area (Å²) in [5, 5.41) is 13.3. The summed E-state index contributed by atoms with van der Waals surface area (Å²) in [5.74, 6) is -0.999. The lowest BCUT2D eigenvalue weighted by atomic mass is 10.3. The minimum absolute atomic E-state index is 0.155. The number of aromatic nitrogens is 1. The normalized spacial score (nSPS) is 18.4. The van der Waals surface area contributed by atoms with Gasteiger partial charge in [0.1, 0.15) is 11.7 Å². The van der Waals surface area contributed by atoms with Gasteiger partial charge in [0.25, 0.3) is 5.91 Å². The zero-order valence-electron chi connectivity index (χ0n) is 9.95. The first-order valence-corrected chi connectivity index (χ1v) is 7.37. The molecule has 1 atom stereocenters. The number of amides is 2. The number of hydrogen-bond acceptors (Lipinski definition) is 6. The highest BCUT2D eigenvalue weighted by atomic mass is 32.2. The van der Waals surface area contributed by atoms with E-state index >= 15 is 0 Å². The van der Waals surface area contributed by atoms with Gasteiger partial charge in [-0.2, -0.15) is 0 Å². The van der Waals surface area contributed by atoms with Crippen LogP contribution in [0.1, 0.15) is 17.4 Å². The van der Waals surface area contributed by atoms with E-state index in [1.54, 1.807) is 0 Å². The van der Waals surface area contributed by atoms with Gasteiger partial charge in [-0.05, 0) is 0 Å². The minimum atomic E-state index is -1.02. The maximum Gasteiger partial charge on any atom is 0.327 e. The molecule has 0 bridgehead atoms. The SMILES string of the molecule is CC(=O)Nc1nc(C(=O)N2CSC[C@H]2C(=O)O)cs1. The minimum Gasteiger partial charge on any atom is -0.480 e. The third-order valence-electron chi connectivity index (χ3n) is 2.43. The van der Waals surface area contributed by atoms with E-state index in [-0.39, 0.29) is 11.6 Å². The van der Waals surface area contributed by atoms with Crippen molar-refractivity contribution in [3.05, 3.63) is 11.1 Å². The summed E-state index contributed by atoms with van der Waals surface area (Å²) < 4.78 is 0. The van der Waals surface area contributed by atoms with Crippen molar-refractivity contribution < 1.29 is 19.5 Å². The van der Waals surface area contributed by atoms with Gasteiger partial charge in [-0.15, -0.1) is 23.1 Å². The summed E-state index contributed by atoms with van der Waals surface area (Å²) in [6, 6.07) is -0.816. The quantitative estimate of drug-likeness (QED) is 0.852. The average Bonchev–Trinajstić information content (AvgIpc) is 2.94. The second-order valence-electron chi connectivity index (χ2n) is 3.85. The number of carbonyl (C=O) groups excluding carboxylic acids is 2. The molecule has 102 valence electrons. The maximum absolute atomic E-state index is 12.1. The number of nitrogens with one attached hydrogen (secondary N) is 1. The van der Waals surface area contributed by atoms with E-state index in [1.807, 2.05) is 0 Å². The molecule has 0 aromatic carbocycles. The molecular formula is C10H11N3O4S2. The molecule has 1 saturated heterocycles. The number of aliphatic carboxylic acids is 1. The summed E-state index contributed by atoms with van der Waals surface area (Å²) >= 11 is 2.52. The molecule has 0 aliphatic carbocycles. The summed E-state index contributed by atoms with van der Waals surface area (Å²) in [4.78, 5) is 39.3. The lowest BCUT2D eigenvalue weighted by Gasteiger charge is -2.18. The highest BCUT2D eigenvalue weighted by molar-refractivity contribution is 7.99.